The van der Waals surface area contributed by atoms with Crippen molar-refractivity contribution in [2.45, 2.75) is 57.4 Å². The second kappa shape index (κ2) is 9.30. The number of halogens is 1. The first kappa shape index (κ1) is 21.5. The summed E-state index contributed by atoms with van der Waals surface area (Å²) in [6, 6.07) is 7.26. The number of anilines is 1. The standard InChI is InChI=1S/C27H35FN4O/c28-22-5-3-4-19(12-22)26-24-6-1-2-7-25(24)27(31-30-26)29-23-13-20-16-32(17-21(20)14-23)15-18-8-10-33-11-9-18/h3-5,12,18,20-21,23H,1-2,6-11,13-17H2,(H,29,31)/t20-,21+,23?. The van der Waals surface area contributed by atoms with E-state index in [0.717, 1.165) is 67.3 Å². The highest BCUT2D eigenvalue weighted by molar-refractivity contribution is 5.67. The third kappa shape index (κ3) is 4.52. The molecule has 2 aliphatic heterocycles. The van der Waals surface area contributed by atoms with Crippen molar-refractivity contribution < 1.29 is 9.13 Å². The summed E-state index contributed by atoms with van der Waals surface area (Å²) in [6.07, 6.45) is 9.31. The number of hydrogen-bond donors (Lipinski definition) is 1. The molecule has 0 amide bonds. The van der Waals surface area contributed by atoms with Gasteiger partial charge in [-0.25, -0.2) is 4.39 Å². The van der Waals surface area contributed by atoms with Gasteiger partial charge in [0.1, 0.15) is 5.82 Å². The van der Waals surface area contributed by atoms with Crippen molar-refractivity contribution in [3.63, 3.8) is 0 Å². The van der Waals surface area contributed by atoms with Crippen LogP contribution in [-0.2, 0) is 17.6 Å². The molecule has 1 aromatic heterocycles. The van der Waals surface area contributed by atoms with E-state index in [9.17, 15) is 4.39 Å². The molecule has 6 heteroatoms. The van der Waals surface area contributed by atoms with Crippen molar-refractivity contribution in [1.29, 1.82) is 0 Å². The lowest BCUT2D eigenvalue weighted by atomic mass is 9.89. The Labute approximate surface area is 196 Å². The summed E-state index contributed by atoms with van der Waals surface area (Å²) in [5.41, 5.74) is 4.29. The molecule has 2 aliphatic carbocycles. The zero-order valence-electron chi connectivity index (χ0n) is 19.4. The summed E-state index contributed by atoms with van der Waals surface area (Å²) in [5.74, 6) is 3.19. The Morgan fingerprint density at radius 2 is 1.76 bits per heavy atom. The summed E-state index contributed by atoms with van der Waals surface area (Å²) in [4.78, 5) is 2.72. The topological polar surface area (TPSA) is 50.3 Å². The molecule has 176 valence electrons. The van der Waals surface area contributed by atoms with Crippen molar-refractivity contribution in [3.05, 3.63) is 41.2 Å². The van der Waals surface area contributed by atoms with E-state index in [1.807, 2.05) is 6.07 Å². The lowest BCUT2D eigenvalue weighted by Gasteiger charge is -2.28. The minimum Gasteiger partial charge on any atom is -0.381 e. The van der Waals surface area contributed by atoms with Crippen molar-refractivity contribution in [2.24, 2.45) is 17.8 Å². The monoisotopic (exact) mass is 450 g/mol. The van der Waals surface area contributed by atoms with Gasteiger partial charge in [0.05, 0.1) is 5.69 Å². The van der Waals surface area contributed by atoms with Crippen LogP contribution < -0.4 is 5.32 Å². The smallest absolute Gasteiger partial charge is 0.152 e. The number of nitrogens with one attached hydrogen (secondary N) is 1. The van der Waals surface area contributed by atoms with Crippen LogP contribution in [0, 0.1) is 23.6 Å². The zero-order valence-corrected chi connectivity index (χ0v) is 19.4. The summed E-state index contributed by atoms with van der Waals surface area (Å²) in [5, 5.41) is 13.0. The molecule has 1 aromatic carbocycles. The van der Waals surface area contributed by atoms with Gasteiger partial charge in [-0.1, -0.05) is 12.1 Å². The molecule has 2 aromatic rings. The molecule has 2 saturated heterocycles. The van der Waals surface area contributed by atoms with Crippen molar-refractivity contribution in [3.8, 4) is 11.3 Å². The summed E-state index contributed by atoms with van der Waals surface area (Å²) in [7, 11) is 0. The number of fused-ring (bicyclic) bond motifs is 2. The molecule has 33 heavy (non-hydrogen) atoms. The number of likely N-dealkylation sites (tertiary alicyclic amines) is 1. The zero-order chi connectivity index (χ0) is 22.2. The van der Waals surface area contributed by atoms with Gasteiger partial charge in [0.2, 0.25) is 0 Å². The van der Waals surface area contributed by atoms with E-state index >= 15 is 0 Å². The Kier molecular flexibility index (Phi) is 6.05. The minimum absolute atomic E-state index is 0.218. The highest BCUT2D eigenvalue weighted by atomic mass is 19.1. The Balaban J connectivity index is 1.13. The van der Waals surface area contributed by atoms with E-state index in [4.69, 9.17) is 4.74 Å². The fourth-order valence-corrected chi connectivity index (χ4v) is 6.78. The van der Waals surface area contributed by atoms with Crippen LogP contribution in [0.5, 0.6) is 0 Å². The lowest BCUT2D eigenvalue weighted by Crippen LogP contribution is -2.32. The molecule has 1 N–H and O–H groups in total. The molecule has 1 unspecified atom stereocenters. The van der Waals surface area contributed by atoms with E-state index in [2.05, 4.69) is 20.4 Å². The number of hydrogen-bond acceptors (Lipinski definition) is 5. The van der Waals surface area contributed by atoms with Gasteiger partial charge < -0.3 is 15.0 Å². The minimum atomic E-state index is -0.218. The molecule has 3 fully saturated rings. The maximum absolute atomic E-state index is 13.8. The first-order valence-corrected chi connectivity index (χ1v) is 12.9. The second-order valence-corrected chi connectivity index (χ2v) is 10.7. The Morgan fingerprint density at radius 1 is 1.00 bits per heavy atom. The Hall–Kier alpha value is -2.05. The van der Waals surface area contributed by atoms with Crippen LogP contribution in [-0.4, -0.2) is 54.0 Å². The van der Waals surface area contributed by atoms with Gasteiger partial charge in [0.15, 0.2) is 5.82 Å². The van der Waals surface area contributed by atoms with Crippen LogP contribution in [0.25, 0.3) is 11.3 Å². The highest BCUT2D eigenvalue weighted by Crippen LogP contribution is 2.41. The van der Waals surface area contributed by atoms with Crippen LogP contribution in [0.3, 0.4) is 0 Å². The number of ether oxygens (including phenoxy) is 1. The number of rotatable bonds is 5. The highest BCUT2D eigenvalue weighted by Gasteiger charge is 2.41. The summed E-state index contributed by atoms with van der Waals surface area (Å²) in [6.45, 7) is 5.65. The molecule has 1 saturated carbocycles. The van der Waals surface area contributed by atoms with Gasteiger partial charge in [-0.05, 0) is 86.8 Å². The third-order valence-corrected chi connectivity index (χ3v) is 8.41. The molecule has 4 aliphatic rings. The molecule has 3 atom stereocenters. The molecular formula is C27H35FN4O. The predicted octanol–water partition coefficient (Wildman–Crippen LogP) is 4.71. The van der Waals surface area contributed by atoms with Gasteiger partial charge in [0.25, 0.3) is 0 Å². The molecular weight excluding hydrogens is 415 g/mol. The van der Waals surface area contributed by atoms with Gasteiger partial charge in [-0.3, -0.25) is 0 Å². The van der Waals surface area contributed by atoms with Gasteiger partial charge in [0, 0.05) is 50.0 Å². The van der Waals surface area contributed by atoms with E-state index in [1.165, 1.54) is 68.9 Å². The van der Waals surface area contributed by atoms with Crippen molar-refractivity contribution >= 4 is 5.82 Å². The second-order valence-electron chi connectivity index (χ2n) is 10.7. The Morgan fingerprint density at radius 3 is 2.52 bits per heavy atom. The average Bonchev–Trinajstić information content (AvgIpc) is 3.38. The molecule has 0 bridgehead atoms. The molecule has 0 spiro atoms. The van der Waals surface area contributed by atoms with Crippen LogP contribution in [0.1, 0.15) is 49.7 Å². The lowest BCUT2D eigenvalue weighted by molar-refractivity contribution is 0.0545. The van der Waals surface area contributed by atoms with Crippen molar-refractivity contribution in [2.75, 3.05) is 38.2 Å². The summed E-state index contributed by atoms with van der Waals surface area (Å²) < 4.78 is 19.4. The van der Waals surface area contributed by atoms with Crippen LogP contribution in [0.4, 0.5) is 10.2 Å². The van der Waals surface area contributed by atoms with E-state index in [-0.39, 0.29) is 5.82 Å². The first-order chi connectivity index (χ1) is 16.2. The summed E-state index contributed by atoms with van der Waals surface area (Å²) >= 11 is 0. The fraction of sp³-hybridized carbons (Fsp3) is 0.630. The molecule has 5 nitrogen and oxygen atoms in total. The van der Waals surface area contributed by atoms with E-state index < -0.39 is 0 Å². The van der Waals surface area contributed by atoms with Gasteiger partial charge in [-0.2, -0.15) is 0 Å². The van der Waals surface area contributed by atoms with E-state index in [1.54, 1.807) is 12.1 Å². The normalized spacial score (nSPS) is 28.0. The number of nitrogens with zero attached hydrogens (tertiary/aromatic N) is 3. The van der Waals surface area contributed by atoms with Gasteiger partial charge in [-0.15, -0.1) is 10.2 Å². The average molecular weight is 451 g/mol. The molecule has 0 radical (unpaired) electrons. The maximum atomic E-state index is 13.8. The quantitative estimate of drug-likeness (QED) is 0.715. The van der Waals surface area contributed by atoms with Gasteiger partial charge >= 0.3 is 0 Å². The van der Waals surface area contributed by atoms with Crippen molar-refractivity contribution in [1.82, 2.24) is 15.1 Å². The molecule has 3 heterocycles. The largest absolute Gasteiger partial charge is 0.381 e. The maximum Gasteiger partial charge on any atom is 0.152 e. The number of benzene rings is 1. The first-order valence-electron chi connectivity index (χ1n) is 12.9. The fourth-order valence-electron chi connectivity index (χ4n) is 6.78. The SMILES string of the molecule is Fc1cccc(-c2nnc(NC3C[C@@H]4CN(CC5CCOCC5)C[C@@H]4C3)c3c2CCCC3)c1. The molecule has 6 rings (SSSR count). The van der Waals surface area contributed by atoms with E-state index in [0.29, 0.717) is 6.04 Å². The van der Waals surface area contributed by atoms with Crippen LogP contribution in [0.15, 0.2) is 24.3 Å². The van der Waals surface area contributed by atoms with Crippen LogP contribution >= 0.6 is 0 Å². The predicted molar refractivity (Wildman–Crippen MR) is 128 cm³/mol. The Bertz CT molecular complexity index is 978. The van der Waals surface area contributed by atoms with Crippen LogP contribution in [0.2, 0.25) is 0 Å². The third-order valence-electron chi connectivity index (χ3n) is 8.41. The number of aromatic nitrogens is 2.